The predicted octanol–water partition coefficient (Wildman–Crippen LogP) is 5.10. The first-order valence-electron chi connectivity index (χ1n) is 3.48. The summed E-state index contributed by atoms with van der Waals surface area (Å²) in [7, 11) is 0. The van der Waals surface area contributed by atoms with Crippen molar-refractivity contribution in [3.8, 4) is 0 Å². The van der Waals surface area contributed by atoms with Crippen molar-refractivity contribution in [2.75, 3.05) is 0 Å². The molecule has 0 saturated heterocycles. The van der Waals surface area contributed by atoms with Crippen molar-refractivity contribution in [2.24, 2.45) is 0 Å². The topological polar surface area (TPSA) is 0 Å². The van der Waals surface area contributed by atoms with E-state index in [1.807, 2.05) is 0 Å². The van der Waals surface area contributed by atoms with Gasteiger partial charge in [-0.05, 0) is 33.6 Å². The first-order chi connectivity index (χ1) is 6.32. The number of hydrogen-bond acceptors (Lipinski definition) is 0. The summed E-state index contributed by atoms with van der Waals surface area (Å²) in [4.78, 5) is -1.68. The Hall–Kier alpha value is 0.260. The Morgan fingerprint density at radius 3 is 2.29 bits per heavy atom. The molecule has 0 fully saturated rings. The van der Waals surface area contributed by atoms with Crippen LogP contribution in [0.2, 0.25) is 5.02 Å². The first kappa shape index (κ1) is 12.3. The van der Waals surface area contributed by atoms with Crippen LogP contribution in [-0.2, 0) is 0 Å². The summed E-state index contributed by atoms with van der Waals surface area (Å²) in [6.07, 6.45) is -4.31. The van der Waals surface area contributed by atoms with Crippen LogP contribution in [0.4, 0.5) is 13.2 Å². The van der Waals surface area contributed by atoms with Crippen molar-refractivity contribution in [1.29, 1.82) is 0 Å². The summed E-state index contributed by atoms with van der Waals surface area (Å²) in [6, 6.07) is 4.12. The van der Waals surface area contributed by atoms with Gasteiger partial charge in [-0.2, -0.15) is 13.2 Å². The van der Waals surface area contributed by atoms with E-state index in [4.69, 9.17) is 11.6 Å². The second kappa shape index (κ2) is 4.41. The molecule has 0 radical (unpaired) electrons. The molecule has 1 rings (SSSR count). The zero-order valence-electron chi connectivity index (χ0n) is 6.58. The van der Waals surface area contributed by atoms with Gasteiger partial charge in [0.15, 0.2) is 0 Å². The van der Waals surface area contributed by atoms with Gasteiger partial charge in [-0.3, -0.25) is 0 Å². The van der Waals surface area contributed by atoms with Crippen molar-refractivity contribution >= 4 is 43.5 Å². The minimum atomic E-state index is -4.31. The van der Waals surface area contributed by atoms with Crippen LogP contribution in [0, 0.1) is 0 Å². The monoisotopic (exact) mass is 350 g/mol. The minimum Gasteiger partial charge on any atom is -0.169 e. The fourth-order valence-electron chi connectivity index (χ4n) is 0.859. The molecule has 14 heavy (non-hydrogen) atoms. The molecule has 0 nitrogen and oxygen atoms in total. The van der Waals surface area contributed by atoms with Gasteiger partial charge in [-0.15, -0.1) is 0 Å². The fraction of sp³-hybridized carbons (Fsp3) is 0.250. The number of alkyl halides is 4. The van der Waals surface area contributed by atoms with Crippen LogP contribution >= 0.6 is 43.5 Å². The zero-order valence-corrected chi connectivity index (χ0v) is 10.5. The van der Waals surface area contributed by atoms with Gasteiger partial charge >= 0.3 is 6.18 Å². The third-order valence-electron chi connectivity index (χ3n) is 1.52. The molecule has 0 saturated carbocycles. The number of halogens is 6. The highest BCUT2D eigenvalue weighted by Crippen LogP contribution is 2.41. The van der Waals surface area contributed by atoms with E-state index in [1.165, 1.54) is 18.2 Å². The van der Waals surface area contributed by atoms with Gasteiger partial charge in [-0.25, -0.2) is 0 Å². The largest absolute Gasteiger partial charge is 0.405 e. The maximum absolute atomic E-state index is 12.3. The van der Waals surface area contributed by atoms with Crippen molar-refractivity contribution in [1.82, 2.24) is 0 Å². The molecule has 0 N–H and O–H groups in total. The van der Waals surface area contributed by atoms with E-state index in [0.717, 1.165) is 0 Å². The normalized spacial score (nSPS) is 14.1. The summed E-state index contributed by atoms with van der Waals surface area (Å²) >= 11 is 11.3. The summed E-state index contributed by atoms with van der Waals surface area (Å²) in [5.41, 5.74) is 0.0886. The molecule has 6 heteroatoms. The third-order valence-corrected chi connectivity index (χ3v) is 3.80. The molecule has 1 atom stereocenters. The summed E-state index contributed by atoms with van der Waals surface area (Å²) in [5.74, 6) is 0. The first-order valence-corrected chi connectivity index (χ1v) is 5.57. The average Bonchev–Trinajstić information content (AvgIpc) is 2.07. The third kappa shape index (κ3) is 2.87. The molecule has 0 amide bonds. The Morgan fingerprint density at radius 2 is 1.86 bits per heavy atom. The van der Waals surface area contributed by atoms with E-state index in [1.54, 1.807) is 0 Å². The fourth-order valence-corrected chi connectivity index (χ4v) is 1.58. The molecule has 1 aromatic rings. The SMILES string of the molecule is FC(F)(F)C(Br)c1ccc(Br)c(Cl)c1. The van der Waals surface area contributed by atoms with Crippen LogP contribution in [0.1, 0.15) is 10.4 Å². The van der Waals surface area contributed by atoms with Gasteiger partial charge < -0.3 is 0 Å². The van der Waals surface area contributed by atoms with Gasteiger partial charge in [0.2, 0.25) is 0 Å². The maximum Gasteiger partial charge on any atom is 0.405 e. The van der Waals surface area contributed by atoms with Crippen LogP contribution in [0.3, 0.4) is 0 Å². The Bertz CT molecular complexity index is 338. The quantitative estimate of drug-likeness (QED) is 0.617. The number of benzene rings is 1. The lowest BCUT2D eigenvalue weighted by Crippen LogP contribution is -2.15. The van der Waals surface area contributed by atoms with E-state index >= 15 is 0 Å². The van der Waals surface area contributed by atoms with Gasteiger partial charge in [-0.1, -0.05) is 33.6 Å². The molecule has 0 aliphatic heterocycles. The molecule has 0 spiro atoms. The molecule has 1 aromatic carbocycles. The zero-order chi connectivity index (χ0) is 10.9. The Morgan fingerprint density at radius 1 is 1.29 bits per heavy atom. The predicted molar refractivity (Wildman–Crippen MR) is 56.9 cm³/mol. The van der Waals surface area contributed by atoms with E-state index in [0.29, 0.717) is 4.47 Å². The highest BCUT2D eigenvalue weighted by Gasteiger charge is 2.38. The molecule has 0 aliphatic carbocycles. The van der Waals surface area contributed by atoms with E-state index in [-0.39, 0.29) is 10.6 Å². The van der Waals surface area contributed by atoms with Gasteiger partial charge in [0.1, 0.15) is 4.83 Å². The lowest BCUT2D eigenvalue weighted by Gasteiger charge is -2.14. The van der Waals surface area contributed by atoms with Gasteiger partial charge in [0, 0.05) is 4.47 Å². The van der Waals surface area contributed by atoms with Crippen LogP contribution in [0.25, 0.3) is 0 Å². The van der Waals surface area contributed by atoms with Crippen molar-refractivity contribution in [3.05, 3.63) is 33.3 Å². The standard InChI is InChI=1S/C8H4Br2ClF3/c9-5-2-1-4(3-6(5)11)7(10)8(12,13)14/h1-3,7H. The van der Waals surface area contributed by atoms with Gasteiger partial charge in [0.25, 0.3) is 0 Å². The molecule has 0 aromatic heterocycles. The van der Waals surface area contributed by atoms with Crippen LogP contribution in [-0.4, -0.2) is 6.18 Å². The lowest BCUT2D eigenvalue weighted by atomic mass is 10.1. The molecular weight excluding hydrogens is 348 g/mol. The van der Waals surface area contributed by atoms with E-state index in [9.17, 15) is 13.2 Å². The molecular formula is C8H4Br2ClF3. The summed E-state index contributed by atoms with van der Waals surface area (Å²) in [5, 5.41) is 0.260. The number of hydrogen-bond donors (Lipinski definition) is 0. The molecule has 0 aliphatic rings. The smallest absolute Gasteiger partial charge is 0.169 e. The lowest BCUT2D eigenvalue weighted by molar-refractivity contribution is -0.128. The highest BCUT2D eigenvalue weighted by molar-refractivity contribution is 9.10. The van der Waals surface area contributed by atoms with E-state index in [2.05, 4.69) is 31.9 Å². The molecule has 1 unspecified atom stereocenters. The molecule has 0 heterocycles. The van der Waals surface area contributed by atoms with E-state index < -0.39 is 11.0 Å². The van der Waals surface area contributed by atoms with Crippen molar-refractivity contribution in [3.63, 3.8) is 0 Å². The van der Waals surface area contributed by atoms with Gasteiger partial charge in [0.05, 0.1) is 5.02 Å². The van der Waals surface area contributed by atoms with Crippen molar-refractivity contribution in [2.45, 2.75) is 11.0 Å². The maximum atomic E-state index is 12.3. The molecule has 0 bridgehead atoms. The van der Waals surface area contributed by atoms with Crippen LogP contribution < -0.4 is 0 Å². The molecule has 78 valence electrons. The average molecular weight is 352 g/mol. The summed E-state index contributed by atoms with van der Waals surface area (Å²) in [6.45, 7) is 0. The second-order valence-electron chi connectivity index (χ2n) is 2.58. The van der Waals surface area contributed by atoms with Crippen molar-refractivity contribution < 1.29 is 13.2 Å². The summed E-state index contributed by atoms with van der Waals surface area (Å²) < 4.78 is 37.4. The van der Waals surface area contributed by atoms with Crippen LogP contribution in [0.5, 0.6) is 0 Å². The highest BCUT2D eigenvalue weighted by atomic mass is 79.9. The Balaban J connectivity index is 3.03. The number of rotatable bonds is 1. The second-order valence-corrected chi connectivity index (χ2v) is 4.75. The Kier molecular flexibility index (Phi) is 3.88. The Labute approximate surface area is 101 Å². The van der Waals surface area contributed by atoms with Crippen LogP contribution in [0.15, 0.2) is 22.7 Å². The minimum absolute atomic E-state index is 0.0886.